The lowest BCUT2D eigenvalue weighted by atomic mass is 9.84. The molecular formula is C17H27NO. The van der Waals surface area contributed by atoms with E-state index in [4.69, 9.17) is 4.74 Å². The Kier molecular flexibility index (Phi) is 5.12. The first-order valence-corrected chi connectivity index (χ1v) is 7.68. The second-order valence-corrected chi connectivity index (χ2v) is 6.02. The molecule has 106 valence electrons. The van der Waals surface area contributed by atoms with Gasteiger partial charge in [-0.05, 0) is 63.8 Å². The minimum Gasteiger partial charge on any atom is -0.491 e. The molecule has 19 heavy (non-hydrogen) atoms. The van der Waals surface area contributed by atoms with E-state index in [2.05, 4.69) is 50.4 Å². The summed E-state index contributed by atoms with van der Waals surface area (Å²) in [5.41, 5.74) is 1.20. The predicted molar refractivity (Wildman–Crippen MR) is 81.9 cm³/mol. The van der Waals surface area contributed by atoms with Crippen molar-refractivity contribution in [2.75, 3.05) is 5.32 Å². The summed E-state index contributed by atoms with van der Waals surface area (Å²) in [5.74, 6) is 1.78. The zero-order valence-corrected chi connectivity index (χ0v) is 12.5. The molecule has 1 saturated carbocycles. The van der Waals surface area contributed by atoms with E-state index in [0.29, 0.717) is 6.04 Å². The van der Waals surface area contributed by atoms with Crippen LogP contribution in [-0.4, -0.2) is 12.1 Å². The summed E-state index contributed by atoms with van der Waals surface area (Å²) in [4.78, 5) is 0. The molecule has 1 aromatic carbocycles. The fourth-order valence-electron chi connectivity index (χ4n) is 2.92. The van der Waals surface area contributed by atoms with Gasteiger partial charge >= 0.3 is 0 Å². The van der Waals surface area contributed by atoms with E-state index >= 15 is 0 Å². The summed E-state index contributed by atoms with van der Waals surface area (Å²) < 4.78 is 5.66. The van der Waals surface area contributed by atoms with Crippen molar-refractivity contribution in [1.29, 1.82) is 0 Å². The molecule has 2 nitrogen and oxygen atoms in total. The van der Waals surface area contributed by atoms with Crippen molar-refractivity contribution in [3.05, 3.63) is 24.3 Å². The van der Waals surface area contributed by atoms with Crippen LogP contribution in [0.2, 0.25) is 0 Å². The van der Waals surface area contributed by atoms with Crippen molar-refractivity contribution >= 4 is 5.69 Å². The number of ether oxygens (including phenoxy) is 1. The third kappa shape index (κ3) is 4.45. The van der Waals surface area contributed by atoms with Gasteiger partial charge in [0.15, 0.2) is 0 Å². The summed E-state index contributed by atoms with van der Waals surface area (Å²) in [5, 5.41) is 3.64. The maximum Gasteiger partial charge on any atom is 0.119 e. The standard InChI is InChI=1S/C17H27NO/c1-13(2)19-17-11-9-16(10-12-17)18-14(3)15-7-5-4-6-8-15/h9-15,18H,4-8H2,1-3H3. The lowest BCUT2D eigenvalue weighted by Gasteiger charge is -2.29. The van der Waals surface area contributed by atoms with Crippen molar-refractivity contribution in [2.45, 2.75) is 65.0 Å². The molecule has 1 unspecified atom stereocenters. The highest BCUT2D eigenvalue weighted by molar-refractivity contribution is 5.47. The molecule has 1 fully saturated rings. The predicted octanol–water partition coefficient (Wildman–Crippen LogP) is 4.85. The Morgan fingerprint density at radius 3 is 2.21 bits per heavy atom. The lowest BCUT2D eigenvalue weighted by molar-refractivity contribution is 0.242. The Balaban J connectivity index is 1.87. The van der Waals surface area contributed by atoms with Gasteiger partial charge in [0.2, 0.25) is 0 Å². The largest absolute Gasteiger partial charge is 0.491 e. The first kappa shape index (κ1) is 14.2. The molecule has 0 bridgehead atoms. The second-order valence-electron chi connectivity index (χ2n) is 6.02. The van der Waals surface area contributed by atoms with E-state index in [-0.39, 0.29) is 6.10 Å². The van der Waals surface area contributed by atoms with Crippen LogP contribution in [0, 0.1) is 5.92 Å². The molecule has 0 aromatic heterocycles. The third-order valence-corrected chi connectivity index (χ3v) is 3.98. The Morgan fingerprint density at radius 1 is 1.00 bits per heavy atom. The fraction of sp³-hybridized carbons (Fsp3) is 0.647. The average Bonchev–Trinajstić information content (AvgIpc) is 2.41. The SMILES string of the molecule is CC(C)Oc1ccc(NC(C)C2CCCCC2)cc1. The Labute approximate surface area is 117 Å². The number of rotatable bonds is 5. The fourth-order valence-corrected chi connectivity index (χ4v) is 2.92. The smallest absolute Gasteiger partial charge is 0.119 e. The van der Waals surface area contributed by atoms with Crippen molar-refractivity contribution in [3.63, 3.8) is 0 Å². The minimum atomic E-state index is 0.236. The lowest BCUT2D eigenvalue weighted by Crippen LogP contribution is -2.27. The van der Waals surface area contributed by atoms with Gasteiger partial charge in [-0.25, -0.2) is 0 Å². The molecule has 0 spiro atoms. The summed E-state index contributed by atoms with van der Waals surface area (Å²) in [7, 11) is 0. The number of hydrogen-bond donors (Lipinski definition) is 1. The van der Waals surface area contributed by atoms with E-state index in [1.54, 1.807) is 0 Å². The second kappa shape index (κ2) is 6.83. The zero-order valence-electron chi connectivity index (χ0n) is 12.5. The summed E-state index contributed by atoms with van der Waals surface area (Å²) >= 11 is 0. The van der Waals surface area contributed by atoms with Crippen LogP contribution in [0.5, 0.6) is 5.75 Å². The molecule has 2 rings (SSSR count). The van der Waals surface area contributed by atoms with E-state index < -0.39 is 0 Å². The molecule has 0 heterocycles. The van der Waals surface area contributed by atoms with Crippen LogP contribution in [0.3, 0.4) is 0 Å². The molecule has 0 amide bonds. The van der Waals surface area contributed by atoms with Gasteiger partial charge in [0, 0.05) is 11.7 Å². The quantitative estimate of drug-likeness (QED) is 0.817. The third-order valence-electron chi connectivity index (χ3n) is 3.98. The molecule has 1 N–H and O–H groups in total. The normalized spacial score (nSPS) is 18.3. The van der Waals surface area contributed by atoms with Crippen LogP contribution in [0.1, 0.15) is 52.9 Å². The number of hydrogen-bond acceptors (Lipinski definition) is 2. The number of anilines is 1. The highest BCUT2D eigenvalue weighted by Crippen LogP contribution is 2.28. The molecular weight excluding hydrogens is 234 g/mol. The van der Waals surface area contributed by atoms with Crippen molar-refractivity contribution in [3.8, 4) is 5.75 Å². The molecule has 0 aliphatic heterocycles. The molecule has 0 saturated heterocycles. The molecule has 1 aliphatic carbocycles. The molecule has 1 atom stereocenters. The summed E-state index contributed by atoms with van der Waals surface area (Å²) in [6, 6.07) is 8.91. The molecule has 1 aromatic rings. The highest BCUT2D eigenvalue weighted by atomic mass is 16.5. The Morgan fingerprint density at radius 2 is 1.63 bits per heavy atom. The van der Waals surface area contributed by atoms with Gasteiger partial charge in [-0.3, -0.25) is 0 Å². The molecule has 0 radical (unpaired) electrons. The Hall–Kier alpha value is -1.18. The van der Waals surface area contributed by atoms with Crippen molar-refractivity contribution < 1.29 is 4.74 Å². The number of nitrogens with one attached hydrogen (secondary N) is 1. The minimum absolute atomic E-state index is 0.236. The van der Waals surface area contributed by atoms with Crippen molar-refractivity contribution in [1.82, 2.24) is 0 Å². The summed E-state index contributed by atoms with van der Waals surface area (Å²) in [6.07, 6.45) is 7.21. The van der Waals surface area contributed by atoms with Crippen LogP contribution < -0.4 is 10.1 Å². The molecule has 1 aliphatic rings. The maximum absolute atomic E-state index is 5.66. The highest BCUT2D eigenvalue weighted by Gasteiger charge is 2.19. The zero-order chi connectivity index (χ0) is 13.7. The van der Waals surface area contributed by atoms with Gasteiger partial charge < -0.3 is 10.1 Å². The molecule has 2 heteroatoms. The number of benzene rings is 1. The van der Waals surface area contributed by atoms with Crippen LogP contribution >= 0.6 is 0 Å². The van der Waals surface area contributed by atoms with Crippen LogP contribution in [0.25, 0.3) is 0 Å². The Bertz CT molecular complexity index is 365. The van der Waals surface area contributed by atoms with E-state index in [9.17, 15) is 0 Å². The van der Waals surface area contributed by atoms with Crippen LogP contribution in [0.4, 0.5) is 5.69 Å². The van der Waals surface area contributed by atoms with Gasteiger partial charge in [-0.2, -0.15) is 0 Å². The van der Waals surface area contributed by atoms with Crippen LogP contribution in [-0.2, 0) is 0 Å². The monoisotopic (exact) mass is 261 g/mol. The van der Waals surface area contributed by atoms with E-state index in [0.717, 1.165) is 11.7 Å². The van der Waals surface area contributed by atoms with Gasteiger partial charge in [-0.1, -0.05) is 19.3 Å². The van der Waals surface area contributed by atoms with Gasteiger partial charge in [0.05, 0.1) is 6.10 Å². The maximum atomic E-state index is 5.66. The van der Waals surface area contributed by atoms with Gasteiger partial charge in [0.1, 0.15) is 5.75 Å². The van der Waals surface area contributed by atoms with E-state index in [1.807, 2.05) is 0 Å². The van der Waals surface area contributed by atoms with Gasteiger partial charge in [-0.15, -0.1) is 0 Å². The van der Waals surface area contributed by atoms with Gasteiger partial charge in [0.25, 0.3) is 0 Å². The summed E-state index contributed by atoms with van der Waals surface area (Å²) in [6.45, 7) is 6.42. The average molecular weight is 261 g/mol. The van der Waals surface area contributed by atoms with E-state index in [1.165, 1.54) is 37.8 Å². The first-order valence-electron chi connectivity index (χ1n) is 7.68. The van der Waals surface area contributed by atoms with Crippen LogP contribution in [0.15, 0.2) is 24.3 Å². The van der Waals surface area contributed by atoms with Crippen molar-refractivity contribution in [2.24, 2.45) is 5.92 Å². The topological polar surface area (TPSA) is 21.3 Å². The first-order chi connectivity index (χ1) is 9.15.